The van der Waals surface area contributed by atoms with E-state index in [9.17, 15) is 9.59 Å². The number of amides is 1. The van der Waals surface area contributed by atoms with Gasteiger partial charge in [-0.1, -0.05) is 66.4 Å². The highest BCUT2D eigenvalue weighted by atomic mass is 32.2. The summed E-state index contributed by atoms with van der Waals surface area (Å²) in [5, 5.41) is 6.06. The second-order valence-corrected chi connectivity index (χ2v) is 9.22. The molecule has 1 aliphatic heterocycles. The molecule has 7 heteroatoms. The normalized spacial score (nSPS) is 15.1. The number of piperazine rings is 1. The Kier molecular flexibility index (Phi) is 6.15. The van der Waals surface area contributed by atoms with Crippen molar-refractivity contribution >= 4 is 39.3 Å². The lowest BCUT2D eigenvalue weighted by atomic mass is 10.1. The van der Waals surface area contributed by atoms with Gasteiger partial charge in [0.2, 0.25) is 5.91 Å². The summed E-state index contributed by atoms with van der Waals surface area (Å²) >= 11 is 1.37. The third-order valence-corrected chi connectivity index (χ3v) is 7.31. The zero-order valence-corrected chi connectivity index (χ0v) is 19.3. The van der Waals surface area contributed by atoms with Gasteiger partial charge < -0.3 is 10.2 Å². The van der Waals surface area contributed by atoms with E-state index >= 15 is 0 Å². The van der Waals surface area contributed by atoms with Gasteiger partial charge in [0.1, 0.15) is 5.25 Å². The minimum absolute atomic E-state index is 0.0585. The summed E-state index contributed by atoms with van der Waals surface area (Å²) in [6, 6.07) is 21.6. The average Bonchev–Trinajstić information content (AvgIpc) is 2.87. The Morgan fingerprint density at radius 1 is 1.03 bits per heavy atom. The SMILES string of the molecule is CCn1c(S[C@H](C(=O)N2CCNCC2)c2ccccc2)nc2cc3ccccc3cc2c1=O. The van der Waals surface area contributed by atoms with Crippen LogP contribution in [0.1, 0.15) is 17.7 Å². The van der Waals surface area contributed by atoms with E-state index in [1.807, 2.05) is 78.6 Å². The fraction of sp³-hybridized carbons (Fsp3) is 0.269. The number of thioether (sulfide) groups is 1. The van der Waals surface area contributed by atoms with Crippen LogP contribution < -0.4 is 10.9 Å². The largest absolute Gasteiger partial charge is 0.339 e. The van der Waals surface area contributed by atoms with Gasteiger partial charge >= 0.3 is 0 Å². The number of nitrogens with one attached hydrogen (secondary N) is 1. The zero-order valence-electron chi connectivity index (χ0n) is 18.5. The van der Waals surface area contributed by atoms with Crippen LogP contribution in [0.5, 0.6) is 0 Å². The lowest BCUT2D eigenvalue weighted by molar-refractivity contribution is -0.131. The minimum Gasteiger partial charge on any atom is -0.339 e. The number of aromatic nitrogens is 2. The Morgan fingerprint density at radius 3 is 2.39 bits per heavy atom. The first-order valence-electron chi connectivity index (χ1n) is 11.3. The molecule has 2 heterocycles. The number of carbonyl (C=O) groups excluding carboxylic acids is 1. The van der Waals surface area contributed by atoms with Gasteiger partial charge in [0.05, 0.1) is 10.9 Å². The van der Waals surface area contributed by atoms with Crippen LogP contribution in [-0.4, -0.2) is 46.5 Å². The van der Waals surface area contributed by atoms with E-state index in [2.05, 4.69) is 5.32 Å². The van der Waals surface area contributed by atoms with Crippen LogP contribution in [0.3, 0.4) is 0 Å². The summed E-state index contributed by atoms with van der Waals surface area (Å²) in [6.45, 7) is 5.37. The number of benzene rings is 3. The molecule has 1 saturated heterocycles. The molecule has 3 aromatic carbocycles. The number of hydrogen-bond donors (Lipinski definition) is 1. The average molecular weight is 459 g/mol. The van der Waals surface area contributed by atoms with Crippen molar-refractivity contribution in [1.82, 2.24) is 19.8 Å². The van der Waals surface area contributed by atoms with Gasteiger partial charge in [-0.05, 0) is 35.4 Å². The summed E-state index contributed by atoms with van der Waals surface area (Å²) in [7, 11) is 0. The van der Waals surface area contributed by atoms with Crippen molar-refractivity contribution in [3.8, 4) is 0 Å². The maximum Gasteiger partial charge on any atom is 0.262 e. The minimum atomic E-state index is -0.466. The van der Waals surface area contributed by atoms with E-state index in [1.165, 1.54) is 11.8 Å². The monoisotopic (exact) mass is 458 g/mol. The molecule has 6 nitrogen and oxygen atoms in total. The molecule has 1 amide bonds. The molecule has 33 heavy (non-hydrogen) atoms. The van der Waals surface area contributed by atoms with Crippen LogP contribution in [0.2, 0.25) is 0 Å². The van der Waals surface area contributed by atoms with Gasteiger partial charge in [-0.25, -0.2) is 4.98 Å². The molecule has 5 rings (SSSR count). The van der Waals surface area contributed by atoms with Crippen LogP contribution in [0, 0.1) is 0 Å². The Hall–Kier alpha value is -3.16. The number of hydrogen-bond acceptors (Lipinski definition) is 5. The van der Waals surface area contributed by atoms with E-state index < -0.39 is 5.25 Å². The van der Waals surface area contributed by atoms with Crippen LogP contribution in [0.4, 0.5) is 0 Å². The number of fused-ring (bicyclic) bond motifs is 2. The van der Waals surface area contributed by atoms with Crippen molar-refractivity contribution in [3.63, 3.8) is 0 Å². The maximum absolute atomic E-state index is 13.6. The van der Waals surface area contributed by atoms with Crippen molar-refractivity contribution < 1.29 is 4.79 Å². The molecule has 0 aliphatic carbocycles. The van der Waals surface area contributed by atoms with Gasteiger partial charge in [-0.15, -0.1) is 0 Å². The zero-order chi connectivity index (χ0) is 22.8. The van der Waals surface area contributed by atoms with Gasteiger partial charge in [0.25, 0.3) is 5.56 Å². The fourth-order valence-corrected chi connectivity index (χ4v) is 5.55. The molecule has 0 spiro atoms. The van der Waals surface area contributed by atoms with E-state index in [4.69, 9.17) is 4.98 Å². The second-order valence-electron chi connectivity index (χ2n) is 8.14. The molecule has 1 aliphatic rings. The Labute approximate surface area is 196 Å². The smallest absolute Gasteiger partial charge is 0.262 e. The van der Waals surface area contributed by atoms with Gasteiger partial charge in [-0.2, -0.15) is 0 Å². The van der Waals surface area contributed by atoms with E-state index in [0.29, 0.717) is 35.7 Å². The van der Waals surface area contributed by atoms with Crippen LogP contribution in [-0.2, 0) is 11.3 Å². The quantitative estimate of drug-likeness (QED) is 0.280. The molecule has 1 aromatic heterocycles. The molecule has 1 fully saturated rings. The topological polar surface area (TPSA) is 67.2 Å². The molecule has 0 unspecified atom stereocenters. The van der Waals surface area contributed by atoms with Gasteiger partial charge in [0.15, 0.2) is 5.16 Å². The summed E-state index contributed by atoms with van der Waals surface area (Å²) < 4.78 is 1.68. The maximum atomic E-state index is 13.6. The molecule has 1 N–H and O–H groups in total. The molecular formula is C26H26N4O2S. The first-order chi connectivity index (χ1) is 16.2. The molecule has 0 bridgehead atoms. The summed E-state index contributed by atoms with van der Waals surface area (Å²) in [6.07, 6.45) is 0. The van der Waals surface area contributed by atoms with E-state index in [-0.39, 0.29) is 11.5 Å². The second kappa shape index (κ2) is 9.37. The van der Waals surface area contributed by atoms with Crippen molar-refractivity contribution in [1.29, 1.82) is 0 Å². The highest BCUT2D eigenvalue weighted by Crippen LogP contribution is 2.36. The Balaban J connectivity index is 1.61. The van der Waals surface area contributed by atoms with Crippen LogP contribution in [0.25, 0.3) is 21.7 Å². The van der Waals surface area contributed by atoms with Crippen LogP contribution >= 0.6 is 11.8 Å². The molecule has 0 radical (unpaired) electrons. The van der Waals surface area contributed by atoms with E-state index in [1.54, 1.807) is 4.57 Å². The molecule has 168 valence electrons. The lowest BCUT2D eigenvalue weighted by Gasteiger charge is -2.31. The molecular weight excluding hydrogens is 432 g/mol. The molecule has 1 atom stereocenters. The third-order valence-electron chi connectivity index (χ3n) is 6.08. The standard InChI is InChI=1S/C26H26N4O2S/c1-2-30-24(31)21-16-19-10-6-7-11-20(19)17-22(21)28-26(30)33-23(18-8-4-3-5-9-18)25(32)29-14-12-27-13-15-29/h3-11,16-17,23,27H,2,12-15H2,1H3/t23-/m0/s1. The molecule has 4 aromatic rings. The van der Waals surface area contributed by atoms with Crippen molar-refractivity contribution in [2.45, 2.75) is 23.9 Å². The van der Waals surface area contributed by atoms with E-state index in [0.717, 1.165) is 29.4 Å². The Morgan fingerprint density at radius 2 is 1.70 bits per heavy atom. The Bertz CT molecular complexity index is 1360. The third kappa shape index (κ3) is 4.26. The summed E-state index contributed by atoms with van der Waals surface area (Å²) in [4.78, 5) is 33.8. The number of rotatable bonds is 5. The predicted octanol–water partition coefficient (Wildman–Crippen LogP) is 3.83. The summed E-state index contributed by atoms with van der Waals surface area (Å²) in [5.41, 5.74) is 1.51. The number of carbonyl (C=O) groups is 1. The first-order valence-corrected chi connectivity index (χ1v) is 12.2. The summed E-state index contributed by atoms with van der Waals surface area (Å²) in [5.74, 6) is 0.0585. The van der Waals surface area contributed by atoms with Crippen molar-refractivity contribution in [2.75, 3.05) is 26.2 Å². The van der Waals surface area contributed by atoms with Gasteiger partial charge in [0, 0.05) is 32.7 Å². The highest BCUT2D eigenvalue weighted by Gasteiger charge is 2.29. The van der Waals surface area contributed by atoms with Crippen molar-refractivity contribution in [2.24, 2.45) is 0 Å². The fourth-order valence-electron chi connectivity index (χ4n) is 4.30. The van der Waals surface area contributed by atoms with Crippen LogP contribution in [0.15, 0.2) is 76.7 Å². The lowest BCUT2D eigenvalue weighted by Crippen LogP contribution is -2.47. The predicted molar refractivity (Wildman–Crippen MR) is 134 cm³/mol. The van der Waals surface area contributed by atoms with Crippen molar-refractivity contribution in [3.05, 3.63) is 82.6 Å². The molecule has 0 saturated carbocycles. The van der Waals surface area contributed by atoms with Gasteiger partial charge in [-0.3, -0.25) is 14.2 Å². The number of nitrogens with zero attached hydrogens (tertiary/aromatic N) is 3. The highest BCUT2D eigenvalue weighted by molar-refractivity contribution is 8.00. The first kappa shape index (κ1) is 21.7.